The Morgan fingerprint density at radius 2 is 1.93 bits per heavy atom. The van der Waals surface area contributed by atoms with Crippen LogP contribution in [-0.4, -0.2) is 28.2 Å². The lowest BCUT2D eigenvalue weighted by molar-refractivity contribution is 0.0695. The molecular formula is C21H16N4O3S. The second-order valence-electron chi connectivity index (χ2n) is 6.11. The van der Waals surface area contributed by atoms with Gasteiger partial charge < -0.3 is 9.84 Å². The fourth-order valence-electron chi connectivity index (χ4n) is 2.86. The largest absolute Gasteiger partial charge is 0.497 e. The van der Waals surface area contributed by atoms with Crippen molar-refractivity contribution in [2.75, 3.05) is 7.11 Å². The normalized spacial score (nSPS) is 11.2. The van der Waals surface area contributed by atoms with Crippen LogP contribution in [0.4, 0.5) is 5.82 Å². The van der Waals surface area contributed by atoms with Crippen LogP contribution in [0, 0.1) is 0 Å². The molecule has 0 aliphatic heterocycles. The van der Waals surface area contributed by atoms with E-state index in [9.17, 15) is 9.90 Å². The summed E-state index contributed by atoms with van der Waals surface area (Å²) in [7, 11) is 1.64. The molecule has 29 heavy (non-hydrogen) atoms. The highest BCUT2D eigenvalue weighted by Crippen LogP contribution is 2.37. The van der Waals surface area contributed by atoms with Gasteiger partial charge in [-0.2, -0.15) is 5.11 Å². The molecule has 2 aromatic heterocycles. The standard InChI is InChI=1S/C21H16N4O3S/c1-28-15-8-6-13(7-9-15)18-10-17-19(29-18)20(23-12-22-17)25-24-11-14-4-2-3-5-16(14)21(26)27/h2-10,12H,11H2,1H3,(H,26,27). The molecule has 0 aliphatic rings. The maximum absolute atomic E-state index is 11.3. The minimum absolute atomic E-state index is 0.157. The number of hydrogen-bond acceptors (Lipinski definition) is 7. The zero-order valence-corrected chi connectivity index (χ0v) is 16.3. The third kappa shape index (κ3) is 3.97. The minimum Gasteiger partial charge on any atom is -0.497 e. The van der Waals surface area contributed by atoms with Gasteiger partial charge in [-0.25, -0.2) is 14.8 Å². The Hall–Kier alpha value is -3.65. The topological polar surface area (TPSA) is 97.0 Å². The molecule has 144 valence electrons. The molecule has 0 spiro atoms. The summed E-state index contributed by atoms with van der Waals surface area (Å²) in [6.07, 6.45) is 1.45. The Morgan fingerprint density at radius 3 is 2.69 bits per heavy atom. The molecule has 7 nitrogen and oxygen atoms in total. The monoisotopic (exact) mass is 404 g/mol. The van der Waals surface area contributed by atoms with Gasteiger partial charge in [-0.05, 0) is 47.5 Å². The SMILES string of the molecule is COc1ccc(-c2cc3ncnc(N=NCc4ccccc4C(=O)O)c3s2)cc1. The van der Waals surface area contributed by atoms with Crippen molar-refractivity contribution in [3.05, 3.63) is 72.1 Å². The molecule has 0 fully saturated rings. The number of aromatic carboxylic acids is 1. The van der Waals surface area contributed by atoms with Crippen LogP contribution in [0.25, 0.3) is 20.7 Å². The van der Waals surface area contributed by atoms with Crippen molar-refractivity contribution in [2.45, 2.75) is 6.54 Å². The van der Waals surface area contributed by atoms with Crippen molar-refractivity contribution in [1.29, 1.82) is 0 Å². The average molecular weight is 404 g/mol. The number of ether oxygens (including phenoxy) is 1. The third-order valence-electron chi connectivity index (χ3n) is 4.32. The molecule has 0 amide bonds. The van der Waals surface area contributed by atoms with Gasteiger partial charge in [-0.15, -0.1) is 16.5 Å². The van der Waals surface area contributed by atoms with Gasteiger partial charge in [0.05, 0.1) is 29.4 Å². The Bertz CT molecular complexity index is 1200. The smallest absolute Gasteiger partial charge is 0.336 e. The van der Waals surface area contributed by atoms with Crippen molar-refractivity contribution < 1.29 is 14.6 Å². The highest BCUT2D eigenvalue weighted by molar-refractivity contribution is 7.22. The lowest BCUT2D eigenvalue weighted by Crippen LogP contribution is -2.00. The number of aromatic nitrogens is 2. The van der Waals surface area contributed by atoms with E-state index in [0.29, 0.717) is 11.4 Å². The lowest BCUT2D eigenvalue weighted by Gasteiger charge is -2.01. The molecular weight excluding hydrogens is 388 g/mol. The molecule has 2 aromatic carbocycles. The number of fused-ring (bicyclic) bond motifs is 1. The number of hydrogen-bond donors (Lipinski definition) is 1. The fourth-order valence-corrected chi connectivity index (χ4v) is 3.90. The molecule has 0 saturated heterocycles. The summed E-state index contributed by atoms with van der Waals surface area (Å²) in [6.45, 7) is 0.157. The number of carboxylic acid groups (broad SMARTS) is 1. The van der Waals surface area contributed by atoms with Crippen LogP contribution in [0.5, 0.6) is 5.75 Å². The van der Waals surface area contributed by atoms with Gasteiger partial charge in [0.2, 0.25) is 0 Å². The first kappa shape index (κ1) is 18.7. The molecule has 0 aliphatic carbocycles. The Balaban J connectivity index is 1.62. The van der Waals surface area contributed by atoms with Crippen LogP contribution in [-0.2, 0) is 6.54 Å². The average Bonchev–Trinajstić information content (AvgIpc) is 3.19. The minimum atomic E-state index is -0.984. The van der Waals surface area contributed by atoms with Gasteiger partial charge in [-0.1, -0.05) is 18.2 Å². The Labute approximate surface area is 170 Å². The molecule has 0 atom stereocenters. The van der Waals surface area contributed by atoms with Gasteiger partial charge in [-0.3, -0.25) is 0 Å². The number of rotatable bonds is 6. The third-order valence-corrected chi connectivity index (χ3v) is 5.49. The summed E-state index contributed by atoms with van der Waals surface area (Å²) >= 11 is 1.53. The van der Waals surface area contributed by atoms with E-state index in [1.54, 1.807) is 31.4 Å². The zero-order valence-electron chi connectivity index (χ0n) is 15.4. The maximum atomic E-state index is 11.3. The van der Waals surface area contributed by atoms with Crippen LogP contribution in [0.2, 0.25) is 0 Å². The van der Waals surface area contributed by atoms with Crippen LogP contribution in [0.15, 0.2) is 71.2 Å². The summed E-state index contributed by atoms with van der Waals surface area (Å²) in [6, 6.07) is 16.5. The molecule has 4 rings (SSSR count). The molecule has 1 N–H and O–H groups in total. The number of nitrogens with zero attached hydrogens (tertiary/aromatic N) is 4. The molecule has 0 unspecified atom stereocenters. The Morgan fingerprint density at radius 1 is 1.14 bits per heavy atom. The van der Waals surface area contributed by atoms with Gasteiger partial charge in [0.1, 0.15) is 12.1 Å². The zero-order chi connectivity index (χ0) is 20.2. The van der Waals surface area contributed by atoms with Crippen molar-refractivity contribution in [2.24, 2.45) is 10.2 Å². The quantitative estimate of drug-likeness (QED) is 0.437. The van der Waals surface area contributed by atoms with Gasteiger partial charge in [0, 0.05) is 4.88 Å². The first-order valence-electron chi connectivity index (χ1n) is 8.73. The number of carbonyl (C=O) groups is 1. The molecule has 0 saturated carbocycles. The molecule has 8 heteroatoms. The van der Waals surface area contributed by atoms with Crippen molar-refractivity contribution >= 4 is 33.3 Å². The first-order valence-corrected chi connectivity index (χ1v) is 9.55. The second-order valence-corrected chi connectivity index (χ2v) is 7.16. The molecule has 0 bridgehead atoms. The van der Waals surface area contributed by atoms with Crippen LogP contribution in [0.3, 0.4) is 0 Å². The summed E-state index contributed by atoms with van der Waals surface area (Å²) in [5.74, 6) is 0.279. The van der Waals surface area contributed by atoms with Gasteiger partial charge >= 0.3 is 5.97 Å². The predicted octanol–water partition coefficient (Wildman–Crippen LogP) is 5.35. The molecule has 0 radical (unpaired) electrons. The summed E-state index contributed by atoms with van der Waals surface area (Å²) in [4.78, 5) is 20.9. The van der Waals surface area contributed by atoms with E-state index in [1.807, 2.05) is 30.3 Å². The van der Waals surface area contributed by atoms with Gasteiger partial charge in [0.25, 0.3) is 0 Å². The van der Waals surface area contributed by atoms with E-state index in [-0.39, 0.29) is 12.1 Å². The van der Waals surface area contributed by atoms with E-state index in [1.165, 1.54) is 17.7 Å². The van der Waals surface area contributed by atoms with Crippen LogP contribution >= 0.6 is 11.3 Å². The van der Waals surface area contributed by atoms with Crippen molar-refractivity contribution in [1.82, 2.24) is 9.97 Å². The number of azo groups is 1. The van der Waals surface area contributed by atoms with E-state index in [2.05, 4.69) is 20.2 Å². The van der Waals surface area contributed by atoms with E-state index in [0.717, 1.165) is 26.4 Å². The van der Waals surface area contributed by atoms with Crippen LogP contribution in [0.1, 0.15) is 15.9 Å². The summed E-state index contributed by atoms with van der Waals surface area (Å²) in [5.41, 5.74) is 2.65. The fraction of sp³-hybridized carbons (Fsp3) is 0.0952. The number of methoxy groups -OCH3 is 1. The second kappa shape index (κ2) is 8.15. The predicted molar refractivity (Wildman–Crippen MR) is 111 cm³/mol. The molecule has 4 aromatic rings. The number of thiophene rings is 1. The number of carboxylic acids is 1. The van der Waals surface area contributed by atoms with Crippen LogP contribution < -0.4 is 4.74 Å². The Kier molecular flexibility index (Phi) is 5.26. The number of benzene rings is 2. The summed E-state index contributed by atoms with van der Waals surface area (Å²) in [5, 5.41) is 17.7. The first-order chi connectivity index (χ1) is 14.2. The van der Waals surface area contributed by atoms with Crippen molar-refractivity contribution in [3.8, 4) is 16.2 Å². The highest BCUT2D eigenvalue weighted by atomic mass is 32.1. The molecule has 2 heterocycles. The van der Waals surface area contributed by atoms with E-state index < -0.39 is 5.97 Å². The highest BCUT2D eigenvalue weighted by Gasteiger charge is 2.11. The van der Waals surface area contributed by atoms with Gasteiger partial charge in [0.15, 0.2) is 5.82 Å². The van der Waals surface area contributed by atoms with Crippen molar-refractivity contribution in [3.63, 3.8) is 0 Å². The maximum Gasteiger partial charge on any atom is 0.336 e. The van der Waals surface area contributed by atoms with E-state index >= 15 is 0 Å². The summed E-state index contributed by atoms with van der Waals surface area (Å²) < 4.78 is 6.03. The lowest BCUT2D eigenvalue weighted by atomic mass is 10.1. The van der Waals surface area contributed by atoms with E-state index in [4.69, 9.17) is 4.74 Å².